The van der Waals surface area contributed by atoms with Gasteiger partial charge >= 0.3 is 11.9 Å². The molecule has 0 saturated heterocycles. The van der Waals surface area contributed by atoms with E-state index in [0.29, 0.717) is 12.1 Å². The van der Waals surface area contributed by atoms with Crippen molar-refractivity contribution in [3.8, 4) is 0 Å². The van der Waals surface area contributed by atoms with Gasteiger partial charge in [0.25, 0.3) is 0 Å². The molecule has 7 heteroatoms. The van der Waals surface area contributed by atoms with Crippen molar-refractivity contribution in [2.45, 2.75) is 45.3 Å². The topological polar surface area (TPSA) is 100 Å². The summed E-state index contributed by atoms with van der Waals surface area (Å²) in [4.78, 5) is 28.4. The van der Waals surface area contributed by atoms with Gasteiger partial charge in [0.1, 0.15) is 5.60 Å². The number of methoxy groups -OCH3 is 2. The van der Waals surface area contributed by atoms with Crippen LogP contribution in [-0.4, -0.2) is 43.0 Å². The first-order valence-electron chi connectivity index (χ1n) is 6.59. The predicted molar refractivity (Wildman–Crippen MR) is 76.5 cm³/mol. The summed E-state index contributed by atoms with van der Waals surface area (Å²) < 4.78 is 15.1. The number of nitrogens with zero attached hydrogens (tertiary/aromatic N) is 1. The van der Waals surface area contributed by atoms with E-state index in [2.05, 4.69) is 9.73 Å². The first-order chi connectivity index (χ1) is 9.61. The lowest BCUT2D eigenvalue weighted by Crippen LogP contribution is -2.57. The van der Waals surface area contributed by atoms with E-state index in [9.17, 15) is 9.59 Å². The normalized spacial score (nSPS) is 22.0. The van der Waals surface area contributed by atoms with Gasteiger partial charge in [-0.2, -0.15) is 0 Å². The van der Waals surface area contributed by atoms with Crippen LogP contribution in [0.2, 0.25) is 0 Å². The number of nitrogens with two attached hydrogens (primary N) is 1. The van der Waals surface area contributed by atoms with Crippen molar-refractivity contribution in [1.82, 2.24) is 0 Å². The molecule has 1 unspecified atom stereocenters. The van der Waals surface area contributed by atoms with Gasteiger partial charge in [0.05, 0.1) is 19.9 Å². The average Bonchev–Trinajstić information content (AvgIpc) is 2.69. The van der Waals surface area contributed by atoms with Gasteiger partial charge in [-0.05, 0) is 27.2 Å². The SMILES string of the molecule is CCC1=NC(C(=O)OC)=C(OC)C1(N)C(=O)OC(C)(C)C. The number of hydrogen-bond donors (Lipinski definition) is 1. The molecule has 0 saturated carbocycles. The lowest BCUT2D eigenvalue weighted by atomic mass is 9.91. The van der Waals surface area contributed by atoms with Gasteiger partial charge < -0.3 is 19.9 Å². The van der Waals surface area contributed by atoms with E-state index in [1.807, 2.05) is 0 Å². The van der Waals surface area contributed by atoms with E-state index in [-0.39, 0.29) is 11.5 Å². The van der Waals surface area contributed by atoms with Gasteiger partial charge in [0.2, 0.25) is 5.54 Å². The minimum absolute atomic E-state index is 0.0551. The molecule has 118 valence electrons. The Kier molecular flexibility index (Phi) is 4.78. The quantitative estimate of drug-likeness (QED) is 0.775. The van der Waals surface area contributed by atoms with E-state index in [1.165, 1.54) is 14.2 Å². The van der Waals surface area contributed by atoms with Crippen molar-refractivity contribution >= 4 is 17.7 Å². The van der Waals surface area contributed by atoms with Crippen LogP contribution < -0.4 is 5.73 Å². The molecule has 0 aromatic rings. The number of esters is 2. The van der Waals surface area contributed by atoms with Gasteiger partial charge in [-0.1, -0.05) is 6.92 Å². The molecule has 0 radical (unpaired) electrons. The highest BCUT2D eigenvalue weighted by Crippen LogP contribution is 2.33. The molecular formula is C14H22N2O5. The number of aliphatic imine (C=N–C) groups is 1. The summed E-state index contributed by atoms with van der Waals surface area (Å²) >= 11 is 0. The largest absolute Gasteiger partial charge is 0.496 e. The molecular weight excluding hydrogens is 276 g/mol. The number of rotatable bonds is 4. The van der Waals surface area contributed by atoms with Crippen LogP contribution in [0.4, 0.5) is 0 Å². The van der Waals surface area contributed by atoms with Gasteiger partial charge in [-0.15, -0.1) is 0 Å². The van der Waals surface area contributed by atoms with Gasteiger partial charge in [0.15, 0.2) is 11.5 Å². The zero-order valence-corrected chi connectivity index (χ0v) is 13.3. The number of carbonyl (C=O) groups is 2. The third-order valence-corrected chi connectivity index (χ3v) is 2.91. The predicted octanol–water partition coefficient (Wildman–Crippen LogP) is 0.921. The summed E-state index contributed by atoms with van der Waals surface area (Å²) in [5, 5.41) is 0. The Balaban J connectivity index is 3.36. The minimum atomic E-state index is -1.71. The number of carbonyl (C=O) groups excluding carboxylic acids is 2. The Bertz CT molecular complexity index is 516. The van der Waals surface area contributed by atoms with Crippen LogP contribution in [0.25, 0.3) is 0 Å². The maximum Gasteiger partial charge on any atom is 0.360 e. The van der Waals surface area contributed by atoms with E-state index in [0.717, 1.165) is 0 Å². The maximum atomic E-state index is 12.5. The molecule has 0 aromatic heterocycles. The molecule has 0 spiro atoms. The molecule has 1 aliphatic rings. The summed E-state index contributed by atoms with van der Waals surface area (Å²) in [7, 11) is 2.53. The molecule has 7 nitrogen and oxygen atoms in total. The van der Waals surface area contributed by atoms with Crippen LogP contribution in [0.15, 0.2) is 16.4 Å². The molecule has 0 fully saturated rings. The van der Waals surface area contributed by atoms with Crippen molar-refractivity contribution in [3.05, 3.63) is 11.5 Å². The summed E-state index contributed by atoms with van der Waals surface area (Å²) in [6, 6.07) is 0. The minimum Gasteiger partial charge on any atom is -0.496 e. The molecule has 0 aromatic carbocycles. The van der Waals surface area contributed by atoms with Crippen LogP contribution in [-0.2, 0) is 23.8 Å². The van der Waals surface area contributed by atoms with Crippen molar-refractivity contribution < 1.29 is 23.8 Å². The number of hydrogen-bond acceptors (Lipinski definition) is 7. The fraction of sp³-hybridized carbons (Fsp3) is 0.643. The van der Waals surface area contributed by atoms with Crippen molar-refractivity contribution in [2.75, 3.05) is 14.2 Å². The van der Waals surface area contributed by atoms with Gasteiger partial charge in [-0.3, -0.25) is 0 Å². The molecule has 2 N–H and O–H groups in total. The summed E-state index contributed by atoms with van der Waals surface area (Å²) in [6.45, 7) is 6.95. The van der Waals surface area contributed by atoms with E-state index >= 15 is 0 Å². The summed E-state index contributed by atoms with van der Waals surface area (Å²) in [6.07, 6.45) is 0.364. The van der Waals surface area contributed by atoms with E-state index in [4.69, 9.17) is 15.2 Å². The van der Waals surface area contributed by atoms with Gasteiger partial charge in [-0.25, -0.2) is 14.6 Å². The molecule has 0 bridgehead atoms. The van der Waals surface area contributed by atoms with Crippen LogP contribution in [0.3, 0.4) is 0 Å². The van der Waals surface area contributed by atoms with Crippen molar-refractivity contribution in [1.29, 1.82) is 0 Å². The first kappa shape index (κ1) is 17.2. The Morgan fingerprint density at radius 2 is 1.86 bits per heavy atom. The Morgan fingerprint density at radius 3 is 2.24 bits per heavy atom. The highest BCUT2D eigenvalue weighted by Gasteiger charge is 2.53. The number of ether oxygens (including phenoxy) is 3. The molecule has 0 aliphatic carbocycles. The van der Waals surface area contributed by atoms with Crippen molar-refractivity contribution in [3.63, 3.8) is 0 Å². The van der Waals surface area contributed by atoms with Crippen LogP contribution in [0.1, 0.15) is 34.1 Å². The van der Waals surface area contributed by atoms with Crippen molar-refractivity contribution in [2.24, 2.45) is 10.7 Å². The summed E-state index contributed by atoms with van der Waals surface area (Å²) in [5.74, 6) is -1.49. The second-order valence-corrected chi connectivity index (χ2v) is 5.60. The van der Waals surface area contributed by atoms with Crippen LogP contribution >= 0.6 is 0 Å². The Hall–Kier alpha value is -1.89. The lowest BCUT2D eigenvalue weighted by Gasteiger charge is -2.30. The standard InChI is InChI=1S/C14H22N2O5/c1-7-8-14(15,12(18)21-13(2,3)4)10(19-5)9(16-8)11(17)20-6/h7,15H2,1-6H3. The molecule has 0 amide bonds. The Morgan fingerprint density at radius 1 is 1.29 bits per heavy atom. The zero-order valence-electron chi connectivity index (χ0n) is 13.3. The van der Waals surface area contributed by atoms with Crippen LogP contribution in [0, 0.1) is 0 Å². The highest BCUT2D eigenvalue weighted by molar-refractivity contribution is 6.18. The highest BCUT2D eigenvalue weighted by atomic mass is 16.6. The third-order valence-electron chi connectivity index (χ3n) is 2.91. The molecule has 1 rings (SSSR count). The zero-order chi connectivity index (χ0) is 16.4. The van der Waals surface area contributed by atoms with Gasteiger partial charge in [0, 0.05) is 0 Å². The second kappa shape index (κ2) is 5.85. The second-order valence-electron chi connectivity index (χ2n) is 5.60. The fourth-order valence-corrected chi connectivity index (χ4v) is 2.01. The monoisotopic (exact) mass is 298 g/mol. The fourth-order valence-electron chi connectivity index (χ4n) is 2.01. The van der Waals surface area contributed by atoms with E-state index in [1.54, 1.807) is 27.7 Å². The molecule has 21 heavy (non-hydrogen) atoms. The lowest BCUT2D eigenvalue weighted by molar-refractivity contribution is -0.158. The molecule has 1 heterocycles. The molecule has 1 atom stereocenters. The van der Waals surface area contributed by atoms with Crippen LogP contribution in [0.5, 0.6) is 0 Å². The summed E-state index contributed by atoms with van der Waals surface area (Å²) in [5.41, 5.74) is 3.96. The Labute approximate surface area is 124 Å². The third kappa shape index (κ3) is 3.07. The smallest absolute Gasteiger partial charge is 0.360 e. The maximum absolute atomic E-state index is 12.5. The first-order valence-corrected chi connectivity index (χ1v) is 6.59. The molecule has 1 aliphatic heterocycles. The average molecular weight is 298 g/mol. The van der Waals surface area contributed by atoms with E-state index < -0.39 is 23.1 Å².